The van der Waals surface area contributed by atoms with Gasteiger partial charge < -0.3 is 0 Å². The zero-order valence-electron chi connectivity index (χ0n) is 11.7. The van der Waals surface area contributed by atoms with Gasteiger partial charge in [0.1, 0.15) is 0 Å². The first kappa shape index (κ1) is 13.9. The van der Waals surface area contributed by atoms with Gasteiger partial charge in [-0.2, -0.15) is 9.47 Å². The van der Waals surface area contributed by atoms with Crippen molar-refractivity contribution in [1.82, 2.24) is 9.36 Å². The molecule has 0 aliphatic rings. The molecule has 0 amide bonds. The fourth-order valence-electron chi connectivity index (χ4n) is 1.84. The molecule has 1 aromatic carbocycles. The van der Waals surface area contributed by atoms with E-state index in [0.29, 0.717) is 0 Å². The Morgan fingerprint density at radius 2 is 2.10 bits per heavy atom. The van der Waals surface area contributed by atoms with Crippen LogP contribution in [0.15, 0.2) is 40.8 Å². The molecule has 0 radical (unpaired) electrons. The Bertz CT molecular complexity index is 773. The summed E-state index contributed by atoms with van der Waals surface area (Å²) < 4.78 is 4.32. The van der Waals surface area contributed by atoms with E-state index >= 15 is 0 Å². The first-order valence-corrected chi connectivity index (χ1v) is 8.11. The molecule has 0 aliphatic carbocycles. The molecular formula is C15H14N4S2. The molecule has 2 heterocycles. The van der Waals surface area contributed by atoms with Crippen molar-refractivity contribution in [3.05, 3.63) is 52.7 Å². The van der Waals surface area contributed by atoms with Crippen LogP contribution < -0.4 is 5.43 Å². The van der Waals surface area contributed by atoms with Gasteiger partial charge in [0.2, 0.25) is 5.13 Å². The number of benzene rings is 1. The molecule has 0 spiro atoms. The summed E-state index contributed by atoms with van der Waals surface area (Å²) in [6.45, 7) is 3.97. The third-order valence-corrected chi connectivity index (χ3v) is 4.59. The van der Waals surface area contributed by atoms with Gasteiger partial charge in [-0.3, -0.25) is 5.43 Å². The predicted molar refractivity (Wildman–Crippen MR) is 90.4 cm³/mol. The molecule has 0 saturated carbocycles. The molecule has 0 aliphatic heterocycles. The zero-order valence-corrected chi connectivity index (χ0v) is 13.3. The number of thiazole rings is 1. The van der Waals surface area contributed by atoms with E-state index < -0.39 is 0 Å². The number of anilines is 1. The highest BCUT2D eigenvalue weighted by molar-refractivity contribution is 7.13. The Labute approximate surface area is 131 Å². The summed E-state index contributed by atoms with van der Waals surface area (Å²) in [5.74, 6) is 0. The molecule has 3 rings (SSSR count). The third kappa shape index (κ3) is 3.53. The predicted octanol–water partition coefficient (Wildman–Crippen LogP) is 4.33. The van der Waals surface area contributed by atoms with Gasteiger partial charge in [-0.15, -0.1) is 11.3 Å². The summed E-state index contributed by atoms with van der Waals surface area (Å²) in [6, 6.07) is 10.3. The summed E-state index contributed by atoms with van der Waals surface area (Å²) >= 11 is 3.06. The van der Waals surface area contributed by atoms with Crippen molar-refractivity contribution in [1.29, 1.82) is 0 Å². The standard InChI is InChI=1S/C15H14N4S2/c1-10-6-14(21-19-10)13-5-3-4-12(7-13)8-16-18-15-17-11(2)9-20-15/h3-9H,1-2H3,(H,17,18). The monoisotopic (exact) mass is 314 g/mol. The van der Waals surface area contributed by atoms with Crippen molar-refractivity contribution >= 4 is 34.2 Å². The maximum absolute atomic E-state index is 4.32. The Kier molecular flexibility index (Phi) is 4.08. The summed E-state index contributed by atoms with van der Waals surface area (Å²) in [5, 5.41) is 7.02. The van der Waals surface area contributed by atoms with Gasteiger partial charge in [0.25, 0.3) is 0 Å². The van der Waals surface area contributed by atoms with E-state index in [1.807, 2.05) is 31.4 Å². The molecule has 0 fully saturated rings. The molecule has 2 aromatic heterocycles. The minimum absolute atomic E-state index is 0.804. The molecule has 6 heteroatoms. The normalized spacial score (nSPS) is 11.1. The molecule has 3 aromatic rings. The molecular weight excluding hydrogens is 300 g/mol. The number of aryl methyl sites for hydroxylation is 2. The van der Waals surface area contributed by atoms with Crippen molar-refractivity contribution in [2.45, 2.75) is 13.8 Å². The minimum Gasteiger partial charge on any atom is -0.253 e. The minimum atomic E-state index is 0.804. The highest BCUT2D eigenvalue weighted by Crippen LogP contribution is 2.25. The Morgan fingerprint density at radius 3 is 2.81 bits per heavy atom. The molecule has 21 heavy (non-hydrogen) atoms. The first-order valence-electron chi connectivity index (χ1n) is 6.46. The molecule has 0 unspecified atom stereocenters. The van der Waals surface area contributed by atoms with Gasteiger partial charge in [0.15, 0.2) is 0 Å². The Morgan fingerprint density at radius 1 is 1.19 bits per heavy atom. The van der Waals surface area contributed by atoms with Gasteiger partial charge in [-0.05, 0) is 48.6 Å². The van der Waals surface area contributed by atoms with Gasteiger partial charge in [-0.1, -0.05) is 18.2 Å². The van der Waals surface area contributed by atoms with E-state index in [9.17, 15) is 0 Å². The van der Waals surface area contributed by atoms with Crippen molar-refractivity contribution in [3.8, 4) is 10.4 Å². The van der Waals surface area contributed by atoms with Gasteiger partial charge in [0.05, 0.1) is 22.5 Å². The number of hydrazone groups is 1. The smallest absolute Gasteiger partial charge is 0.203 e. The topological polar surface area (TPSA) is 50.2 Å². The van der Waals surface area contributed by atoms with Crippen molar-refractivity contribution in [3.63, 3.8) is 0 Å². The molecule has 0 atom stereocenters. The lowest BCUT2D eigenvalue weighted by molar-refractivity contribution is 1.22. The number of nitrogens with zero attached hydrogens (tertiary/aromatic N) is 3. The maximum Gasteiger partial charge on any atom is 0.203 e. The summed E-state index contributed by atoms with van der Waals surface area (Å²) in [4.78, 5) is 5.47. The van der Waals surface area contributed by atoms with Gasteiger partial charge in [0, 0.05) is 5.38 Å². The van der Waals surface area contributed by atoms with Crippen LogP contribution in [0.3, 0.4) is 0 Å². The van der Waals surface area contributed by atoms with E-state index in [1.165, 1.54) is 16.4 Å². The zero-order chi connectivity index (χ0) is 14.7. The van der Waals surface area contributed by atoms with E-state index in [0.717, 1.165) is 27.6 Å². The summed E-state index contributed by atoms with van der Waals surface area (Å²) in [6.07, 6.45) is 1.80. The van der Waals surface area contributed by atoms with Crippen molar-refractivity contribution in [2.75, 3.05) is 5.43 Å². The Hall–Kier alpha value is -2.05. The SMILES string of the molecule is Cc1cc(-c2cccc(C=NNc3nc(C)cs3)c2)sn1. The number of nitrogens with one attached hydrogen (secondary N) is 1. The van der Waals surface area contributed by atoms with E-state index in [-0.39, 0.29) is 0 Å². The average molecular weight is 314 g/mol. The lowest BCUT2D eigenvalue weighted by Crippen LogP contribution is -1.90. The van der Waals surface area contributed by atoms with Gasteiger partial charge in [-0.25, -0.2) is 4.98 Å². The summed E-state index contributed by atoms with van der Waals surface area (Å²) in [5.41, 5.74) is 7.20. The number of aromatic nitrogens is 2. The van der Waals surface area contributed by atoms with Gasteiger partial charge >= 0.3 is 0 Å². The van der Waals surface area contributed by atoms with Crippen LogP contribution in [0.4, 0.5) is 5.13 Å². The summed E-state index contributed by atoms with van der Waals surface area (Å²) in [7, 11) is 0. The lowest BCUT2D eigenvalue weighted by Gasteiger charge is -1.99. The van der Waals surface area contributed by atoms with Crippen LogP contribution in [0.1, 0.15) is 17.0 Å². The largest absolute Gasteiger partial charge is 0.253 e. The number of hydrogen-bond donors (Lipinski definition) is 1. The molecule has 0 bridgehead atoms. The van der Waals surface area contributed by atoms with Crippen molar-refractivity contribution < 1.29 is 0 Å². The second kappa shape index (κ2) is 6.15. The van der Waals surface area contributed by atoms with Crippen LogP contribution in [0.25, 0.3) is 10.4 Å². The van der Waals surface area contributed by atoms with Crippen LogP contribution in [0, 0.1) is 13.8 Å². The molecule has 0 saturated heterocycles. The number of rotatable bonds is 4. The third-order valence-electron chi connectivity index (χ3n) is 2.79. The highest BCUT2D eigenvalue weighted by Gasteiger charge is 2.02. The molecule has 4 nitrogen and oxygen atoms in total. The highest BCUT2D eigenvalue weighted by atomic mass is 32.1. The maximum atomic E-state index is 4.32. The van der Waals surface area contributed by atoms with E-state index in [4.69, 9.17) is 0 Å². The van der Waals surface area contributed by atoms with Crippen LogP contribution >= 0.6 is 22.9 Å². The first-order chi connectivity index (χ1) is 10.2. The van der Waals surface area contributed by atoms with Crippen molar-refractivity contribution in [2.24, 2.45) is 5.10 Å². The van der Waals surface area contributed by atoms with Crippen LogP contribution in [0.5, 0.6) is 0 Å². The molecule has 106 valence electrons. The van der Waals surface area contributed by atoms with E-state index in [1.54, 1.807) is 17.6 Å². The van der Waals surface area contributed by atoms with Crippen LogP contribution in [-0.2, 0) is 0 Å². The second-order valence-corrected chi connectivity index (χ2v) is 6.29. The molecule has 1 N–H and O–H groups in total. The fraction of sp³-hybridized carbons (Fsp3) is 0.133. The quantitative estimate of drug-likeness (QED) is 0.576. The second-order valence-electron chi connectivity index (χ2n) is 4.62. The average Bonchev–Trinajstić information content (AvgIpc) is 3.08. The fourth-order valence-corrected chi connectivity index (χ4v) is 3.23. The van der Waals surface area contributed by atoms with Crippen LogP contribution in [-0.4, -0.2) is 15.6 Å². The lowest BCUT2D eigenvalue weighted by atomic mass is 10.1. The van der Waals surface area contributed by atoms with Crippen LogP contribution in [0.2, 0.25) is 0 Å². The van der Waals surface area contributed by atoms with E-state index in [2.05, 4.69) is 38.1 Å². The Balaban J connectivity index is 1.74. The number of hydrogen-bond acceptors (Lipinski definition) is 6.